The zero-order valence-electron chi connectivity index (χ0n) is 14.7. The van der Waals surface area contributed by atoms with Crippen LogP contribution in [0.3, 0.4) is 0 Å². The number of para-hydroxylation sites is 1. The second kappa shape index (κ2) is 6.45. The molecule has 7 nitrogen and oxygen atoms in total. The minimum absolute atomic E-state index is 0.105. The van der Waals surface area contributed by atoms with Crippen LogP contribution in [0.2, 0.25) is 5.02 Å². The third-order valence-corrected chi connectivity index (χ3v) is 5.31. The fraction of sp³-hybridized carbons (Fsp3) is 0.200. The van der Waals surface area contributed by atoms with Gasteiger partial charge in [0.1, 0.15) is 6.04 Å². The number of urea groups is 1. The Labute approximate surface area is 165 Å². The molecule has 28 heavy (non-hydrogen) atoms. The van der Waals surface area contributed by atoms with Crippen molar-refractivity contribution < 1.29 is 19.1 Å². The topological polar surface area (TPSA) is 83.7 Å². The molecule has 0 spiro atoms. The number of aromatic amines is 1. The summed E-state index contributed by atoms with van der Waals surface area (Å²) in [5.41, 5.74) is 2.69. The monoisotopic (exact) mass is 397 g/mol. The Morgan fingerprint density at radius 1 is 1.18 bits per heavy atom. The third-order valence-electron chi connectivity index (χ3n) is 5.03. The Kier molecular flexibility index (Phi) is 3.91. The van der Waals surface area contributed by atoms with Crippen LogP contribution in [0.15, 0.2) is 42.6 Å². The number of benzene rings is 2. The van der Waals surface area contributed by atoms with Gasteiger partial charge in [0.2, 0.25) is 6.79 Å². The van der Waals surface area contributed by atoms with Gasteiger partial charge in [-0.3, -0.25) is 9.69 Å². The maximum Gasteiger partial charge on any atom is 0.325 e. The molecule has 1 unspecified atom stereocenters. The van der Waals surface area contributed by atoms with E-state index in [9.17, 15) is 9.59 Å². The molecule has 142 valence electrons. The van der Waals surface area contributed by atoms with Gasteiger partial charge in [0.15, 0.2) is 11.5 Å². The maximum atomic E-state index is 12.8. The second-order valence-corrected chi connectivity index (χ2v) is 7.21. The lowest BCUT2D eigenvalue weighted by Gasteiger charge is -2.14. The Hall–Kier alpha value is -3.19. The van der Waals surface area contributed by atoms with Gasteiger partial charge in [-0.25, -0.2) is 4.79 Å². The fourth-order valence-corrected chi connectivity index (χ4v) is 3.97. The molecule has 3 amide bonds. The van der Waals surface area contributed by atoms with Gasteiger partial charge in [0, 0.05) is 23.5 Å². The lowest BCUT2D eigenvalue weighted by atomic mass is 10.0. The minimum Gasteiger partial charge on any atom is -0.454 e. The number of H-pyrrole nitrogens is 1. The minimum atomic E-state index is -0.601. The van der Waals surface area contributed by atoms with Crippen molar-refractivity contribution in [2.75, 3.05) is 6.79 Å². The average Bonchev–Trinajstić information content (AvgIpc) is 3.38. The lowest BCUT2D eigenvalue weighted by molar-refractivity contribution is -0.127. The third kappa shape index (κ3) is 2.75. The predicted octanol–water partition coefficient (Wildman–Crippen LogP) is 3.21. The summed E-state index contributed by atoms with van der Waals surface area (Å²) in [4.78, 5) is 29.6. The van der Waals surface area contributed by atoms with E-state index >= 15 is 0 Å². The molecule has 0 bridgehead atoms. The first-order chi connectivity index (χ1) is 13.6. The van der Waals surface area contributed by atoms with Crippen LogP contribution in [-0.2, 0) is 17.8 Å². The van der Waals surface area contributed by atoms with Crippen molar-refractivity contribution in [1.29, 1.82) is 0 Å². The smallest absolute Gasteiger partial charge is 0.325 e. The van der Waals surface area contributed by atoms with Crippen molar-refractivity contribution in [2.24, 2.45) is 0 Å². The molecule has 2 aliphatic rings. The number of carbonyl (C=O) groups excluding carboxylic acids is 2. The molecule has 1 aromatic heterocycles. The van der Waals surface area contributed by atoms with E-state index in [4.69, 9.17) is 21.1 Å². The number of rotatable bonds is 4. The SMILES string of the molecule is O=C1NC(Cc2c[nH]c3ccccc23)C(=O)N1Cc1cc(Cl)c2c(c1)OCO2. The van der Waals surface area contributed by atoms with E-state index in [2.05, 4.69) is 10.3 Å². The Balaban J connectivity index is 1.35. The zero-order chi connectivity index (χ0) is 19.3. The van der Waals surface area contributed by atoms with Crippen molar-refractivity contribution in [2.45, 2.75) is 19.0 Å². The van der Waals surface area contributed by atoms with E-state index in [1.165, 1.54) is 4.90 Å². The van der Waals surface area contributed by atoms with E-state index in [0.717, 1.165) is 16.5 Å². The highest BCUT2D eigenvalue weighted by molar-refractivity contribution is 6.32. The van der Waals surface area contributed by atoms with E-state index in [0.29, 0.717) is 28.5 Å². The normalized spacial score (nSPS) is 18.2. The predicted molar refractivity (Wildman–Crippen MR) is 102 cm³/mol. The van der Waals surface area contributed by atoms with E-state index in [1.807, 2.05) is 30.5 Å². The Morgan fingerprint density at radius 2 is 2.04 bits per heavy atom. The molecule has 1 fully saturated rings. The number of nitrogens with one attached hydrogen (secondary N) is 2. The molecule has 3 heterocycles. The number of halogens is 1. The highest BCUT2D eigenvalue weighted by atomic mass is 35.5. The van der Waals surface area contributed by atoms with Crippen molar-refractivity contribution in [3.8, 4) is 11.5 Å². The molecule has 2 N–H and O–H groups in total. The Morgan fingerprint density at radius 3 is 2.93 bits per heavy atom. The molecule has 1 saturated heterocycles. The summed E-state index contributed by atoms with van der Waals surface area (Å²) in [6, 6.07) is 10.3. The number of aromatic nitrogens is 1. The van der Waals surface area contributed by atoms with Crippen molar-refractivity contribution in [3.05, 3.63) is 58.7 Å². The number of nitrogens with zero attached hydrogens (tertiary/aromatic N) is 1. The van der Waals surface area contributed by atoms with Crippen LogP contribution in [0.5, 0.6) is 11.5 Å². The molecule has 0 radical (unpaired) electrons. The highest BCUT2D eigenvalue weighted by Crippen LogP contribution is 2.40. The molecule has 8 heteroatoms. The average molecular weight is 398 g/mol. The van der Waals surface area contributed by atoms with Crippen molar-refractivity contribution in [3.63, 3.8) is 0 Å². The summed E-state index contributed by atoms with van der Waals surface area (Å²) in [5, 5.41) is 4.22. The van der Waals surface area contributed by atoms with Gasteiger partial charge in [0.25, 0.3) is 5.91 Å². The number of carbonyl (C=O) groups is 2. The lowest BCUT2D eigenvalue weighted by Crippen LogP contribution is -2.32. The quantitative estimate of drug-likeness (QED) is 0.662. The van der Waals surface area contributed by atoms with Gasteiger partial charge < -0.3 is 19.8 Å². The second-order valence-electron chi connectivity index (χ2n) is 6.80. The van der Waals surface area contributed by atoms with Crippen LogP contribution in [0, 0.1) is 0 Å². The van der Waals surface area contributed by atoms with Crippen molar-refractivity contribution >= 4 is 34.4 Å². The largest absolute Gasteiger partial charge is 0.454 e. The van der Waals surface area contributed by atoms with E-state index < -0.39 is 12.1 Å². The van der Waals surface area contributed by atoms with Crippen molar-refractivity contribution in [1.82, 2.24) is 15.2 Å². The number of imide groups is 1. The highest BCUT2D eigenvalue weighted by Gasteiger charge is 2.38. The number of hydrogen-bond donors (Lipinski definition) is 2. The van der Waals surface area contributed by atoms with E-state index in [1.54, 1.807) is 12.1 Å². The fourth-order valence-electron chi connectivity index (χ4n) is 3.68. The first-order valence-corrected chi connectivity index (χ1v) is 9.23. The Bertz CT molecular complexity index is 1110. The molecular weight excluding hydrogens is 382 g/mol. The van der Waals surface area contributed by atoms with Gasteiger partial charge in [-0.15, -0.1) is 0 Å². The van der Waals surface area contributed by atoms with E-state index in [-0.39, 0.29) is 19.2 Å². The number of fused-ring (bicyclic) bond motifs is 2. The molecule has 2 aromatic carbocycles. The summed E-state index contributed by atoms with van der Waals surface area (Å²) in [6.45, 7) is 0.222. The number of ether oxygens (including phenoxy) is 2. The molecule has 5 rings (SSSR count). The van der Waals surface area contributed by atoms with Crippen LogP contribution in [0.4, 0.5) is 4.79 Å². The van der Waals surface area contributed by atoms with Crippen LogP contribution < -0.4 is 14.8 Å². The summed E-state index contributed by atoms with van der Waals surface area (Å²) >= 11 is 6.20. The van der Waals surface area contributed by atoms with Crippen LogP contribution >= 0.6 is 11.6 Å². The first kappa shape index (κ1) is 16.9. The summed E-state index contributed by atoms with van der Waals surface area (Å²) in [5.74, 6) is 0.744. The van der Waals surface area contributed by atoms with Crippen LogP contribution in [-0.4, -0.2) is 34.7 Å². The molecule has 0 saturated carbocycles. The summed E-state index contributed by atoms with van der Waals surface area (Å²) < 4.78 is 10.6. The van der Waals surface area contributed by atoms with Gasteiger partial charge in [-0.2, -0.15) is 0 Å². The first-order valence-electron chi connectivity index (χ1n) is 8.85. The van der Waals surface area contributed by atoms with Gasteiger partial charge in [-0.05, 0) is 29.3 Å². The number of hydrogen-bond acceptors (Lipinski definition) is 4. The number of amides is 3. The molecule has 1 atom stereocenters. The molecule has 3 aromatic rings. The molecule has 2 aliphatic heterocycles. The van der Waals surface area contributed by atoms with Gasteiger partial charge in [-0.1, -0.05) is 29.8 Å². The summed E-state index contributed by atoms with van der Waals surface area (Å²) in [6.07, 6.45) is 2.30. The zero-order valence-corrected chi connectivity index (χ0v) is 15.5. The molecule has 0 aliphatic carbocycles. The van der Waals surface area contributed by atoms with Crippen LogP contribution in [0.1, 0.15) is 11.1 Å². The van der Waals surface area contributed by atoms with Gasteiger partial charge in [0.05, 0.1) is 11.6 Å². The summed E-state index contributed by atoms with van der Waals surface area (Å²) in [7, 11) is 0. The van der Waals surface area contributed by atoms with Crippen LogP contribution in [0.25, 0.3) is 10.9 Å². The molecular formula is C20H16ClN3O4. The maximum absolute atomic E-state index is 12.8. The van der Waals surface area contributed by atoms with Gasteiger partial charge >= 0.3 is 6.03 Å². The standard InChI is InChI=1S/C20H16ClN3O4/c21-14-5-11(6-17-18(14)28-10-27-17)9-24-19(25)16(23-20(24)26)7-12-8-22-15-4-2-1-3-13(12)15/h1-6,8,16,22H,7,9-10H2,(H,23,26).